The van der Waals surface area contributed by atoms with Crippen LogP contribution in [-0.4, -0.2) is 32.1 Å². The Hall–Kier alpha value is -4.01. The van der Waals surface area contributed by atoms with E-state index in [1.54, 1.807) is 47.4 Å². The van der Waals surface area contributed by atoms with Gasteiger partial charge in [0.1, 0.15) is 11.6 Å². The molecule has 2 amide bonds. The number of benzene rings is 4. The zero-order chi connectivity index (χ0) is 28.4. The molecule has 3 atom stereocenters. The van der Waals surface area contributed by atoms with Crippen LogP contribution in [-0.2, 0) is 4.57 Å². The van der Waals surface area contributed by atoms with Crippen LogP contribution in [0, 0.1) is 5.82 Å². The van der Waals surface area contributed by atoms with E-state index in [0.29, 0.717) is 40.8 Å². The zero-order valence-electron chi connectivity index (χ0n) is 21.3. The number of nitrogens with one attached hydrogen (secondary N) is 1. The number of nitrogens with zero attached hydrogens (tertiary/aromatic N) is 1. The maximum absolute atomic E-state index is 13.3. The lowest BCUT2D eigenvalue weighted by Crippen LogP contribution is -2.29. The molecule has 4 aromatic rings. The Morgan fingerprint density at radius 1 is 0.900 bits per heavy atom. The minimum Gasteiger partial charge on any atom is -0.508 e. The number of aliphatic hydroxyl groups excluding tert-OH is 1. The van der Waals surface area contributed by atoms with Crippen molar-refractivity contribution in [3.05, 3.63) is 114 Å². The van der Waals surface area contributed by atoms with Gasteiger partial charge in [0, 0.05) is 11.3 Å². The largest absolute Gasteiger partial charge is 0.508 e. The first kappa shape index (κ1) is 27.6. The highest BCUT2D eigenvalue weighted by Crippen LogP contribution is 2.42. The van der Waals surface area contributed by atoms with Crippen molar-refractivity contribution in [3.63, 3.8) is 0 Å². The molecule has 10 heteroatoms. The van der Waals surface area contributed by atoms with Gasteiger partial charge in [0.15, 0.2) is 0 Å². The molecule has 1 aliphatic rings. The highest BCUT2D eigenvalue weighted by atomic mass is 31.2. The molecule has 206 valence electrons. The van der Waals surface area contributed by atoms with E-state index in [1.807, 2.05) is 18.2 Å². The van der Waals surface area contributed by atoms with Crippen molar-refractivity contribution in [3.8, 4) is 16.9 Å². The molecular weight excluding hydrogens is 534 g/mol. The first-order valence-corrected chi connectivity index (χ1v) is 14.3. The van der Waals surface area contributed by atoms with Gasteiger partial charge in [-0.15, -0.1) is 0 Å². The number of aliphatic hydroxyl groups is 1. The summed E-state index contributed by atoms with van der Waals surface area (Å²) in [5, 5.41) is 24.8. The van der Waals surface area contributed by atoms with Gasteiger partial charge in [-0.25, -0.2) is 9.18 Å². The molecule has 0 aromatic heterocycles. The Morgan fingerprint density at radius 2 is 1.55 bits per heavy atom. The minimum atomic E-state index is -4.37. The lowest BCUT2D eigenvalue weighted by Gasteiger charge is -2.28. The fraction of sp³-hybridized carbons (Fsp3) is 0.167. The number of rotatable bonds is 8. The molecule has 1 fully saturated rings. The van der Waals surface area contributed by atoms with Gasteiger partial charge in [-0.1, -0.05) is 54.6 Å². The first-order valence-electron chi connectivity index (χ1n) is 12.7. The Bertz CT molecular complexity index is 1540. The molecular formula is C30H28FN2O6P. The third-order valence-electron chi connectivity index (χ3n) is 7.11. The number of urea groups is 1. The molecule has 0 spiro atoms. The molecule has 5 N–H and O–H groups in total. The molecule has 1 heterocycles. The number of carbonyl (C=O) groups excluding carboxylic acids is 1. The van der Waals surface area contributed by atoms with Crippen molar-refractivity contribution >= 4 is 24.6 Å². The molecule has 1 unspecified atom stereocenters. The molecule has 0 bridgehead atoms. The van der Waals surface area contributed by atoms with Crippen molar-refractivity contribution in [2.75, 3.05) is 4.90 Å². The summed E-state index contributed by atoms with van der Waals surface area (Å²) in [6.45, 7) is 0. The van der Waals surface area contributed by atoms with Crippen LogP contribution in [0.5, 0.6) is 5.75 Å². The van der Waals surface area contributed by atoms with Gasteiger partial charge in [0.2, 0.25) is 0 Å². The highest BCUT2D eigenvalue weighted by Gasteiger charge is 2.42. The van der Waals surface area contributed by atoms with Gasteiger partial charge < -0.3 is 25.3 Å². The molecule has 4 aromatic carbocycles. The number of para-hydroxylation sites is 1. The fourth-order valence-electron chi connectivity index (χ4n) is 5.08. The van der Waals surface area contributed by atoms with E-state index in [2.05, 4.69) is 5.32 Å². The lowest BCUT2D eigenvalue weighted by molar-refractivity contribution is 0.159. The van der Waals surface area contributed by atoms with E-state index in [4.69, 9.17) is 0 Å². The number of halogens is 1. The number of anilines is 1. The molecule has 1 aliphatic heterocycles. The van der Waals surface area contributed by atoms with Crippen LogP contribution in [0.2, 0.25) is 0 Å². The van der Waals surface area contributed by atoms with Crippen molar-refractivity contribution < 1.29 is 33.7 Å². The monoisotopic (exact) mass is 562 g/mol. The summed E-state index contributed by atoms with van der Waals surface area (Å²) in [7, 11) is -4.37. The summed E-state index contributed by atoms with van der Waals surface area (Å²) in [5.41, 5.74) is 2.99. The van der Waals surface area contributed by atoms with E-state index in [1.165, 1.54) is 36.4 Å². The van der Waals surface area contributed by atoms with Crippen molar-refractivity contribution in [2.45, 2.75) is 31.0 Å². The Morgan fingerprint density at radius 3 is 2.17 bits per heavy atom. The van der Waals surface area contributed by atoms with Gasteiger partial charge in [0.05, 0.1) is 23.5 Å². The van der Waals surface area contributed by atoms with Gasteiger partial charge in [0.25, 0.3) is 0 Å². The quantitative estimate of drug-likeness (QED) is 0.189. The summed E-state index contributed by atoms with van der Waals surface area (Å²) in [6.07, 6.45) is -0.194. The number of amides is 2. The van der Waals surface area contributed by atoms with E-state index < -0.39 is 31.6 Å². The van der Waals surface area contributed by atoms with Crippen LogP contribution in [0.15, 0.2) is 97.1 Å². The third kappa shape index (κ3) is 5.78. The van der Waals surface area contributed by atoms with Crippen molar-refractivity contribution in [1.29, 1.82) is 0 Å². The third-order valence-corrected chi connectivity index (χ3v) is 8.08. The van der Waals surface area contributed by atoms with E-state index in [-0.39, 0.29) is 17.1 Å². The second kappa shape index (κ2) is 11.2. The standard InChI is InChI=1S/C30H28FN2O6P/c31-22-11-6-20(7-12-22)27(34)17-16-26-29(33(30(36)32-26)23-4-2-1-3-5-23)25-15-10-21(18-28(25)35)19-8-13-24(14-9-19)40(37,38)39/h1-15,18,26-27,29,34-35H,16-17H2,(H,32,36)(H2,37,38,39)/t26-,27?,29+/m0/s1. The van der Waals surface area contributed by atoms with Crippen LogP contribution in [0.1, 0.15) is 36.1 Å². The average molecular weight is 563 g/mol. The van der Waals surface area contributed by atoms with Gasteiger partial charge >= 0.3 is 13.6 Å². The summed E-state index contributed by atoms with van der Waals surface area (Å²) >= 11 is 0. The van der Waals surface area contributed by atoms with Crippen molar-refractivity contribution in [2.24, 2.45) is 0 Å². The molecule has 8 nitrogen and oxygen atoms in total. The molecule has 1 saturated heterocycles. The minimum absolute atomic E-state index is 0.0527. The maximum Gasteiger partial charge on any atom is 0.356 e. The molecule has 40 heavy (non-hydrogen) atoms. The lowest BCUT2D eigenvalue weighted by atomic mass is 9.91. The Kier molecular flexibility index (Phi) is 7.74. The van der Waals surface area contributed by atoms with Crippen LogP contribution >= 0.6 is 7.60 Å². The van der Waals surface area contributed by atoms with Gasteiger partial charge in [-0.05, 0) is 72.0 Å². The van der Waals surface area contributed by atoms with Crippen LogP contribution < -0.4 is 15.5 Å². The molecule has 5 rings (SSSR count). The number of carbonyl (C=O) groups is 1. The number of phenolic OH excluding ortho intramolecular Hbond substituents is 1. The molecule has 0 aliphatic carbocycles. The van der Waals surface area contributed by atoms with Gasteiger partial charge in [-0.3, -0.25) is 9.46 Å². The molecule has 0 saturated carbocycles. The van der Waals surface area contributed by atoms with Crippen molar-refractivity contribution in [1.82, 2.24) is 5.32 Å². The second-order valence-electron chi connectivity index (χ2n) is 9.72. The van der Waals surface area contributed by atoms with E-state index in [9.17, 15) is 33.7 Å². The number of hydrogen-bond acceptors (Lipinski definition) is 4. The topological polar surface area (TPSA) is 130 Å². The summed E-state index contributed by atoms with van der Waals surface area (Å²) < 4.78 is 24.8. The fourth-order valence-corrected chi connectivity index (χ4v) is 5.61. The number of aromatic hydroxyl groups is 1. The predicted octanol–water partition coefficient (Wildman–Crippen LogP) is 5.15. The summed E-state index contributed by atoms with van der Waals surface area (Å²) in [6, 6.07) is 24.2. The maximum atomic E-state index is 13.3. The zero-order valence-corrected chi connectivity index (χ0v) is 22.2. The normalized spacial score (nSPS) is 18.0. The highest BCUT2D eigenvalue weighted by molar-refractivity contribution is 7.60. The SMILES string of the molecule is O=C1N[C@@H](CCC(O)c2ccc(F)cc2)[C@@H](c2ccc(-c3ccc(P(=O)(O)O)cc3)cc2O)N1c1ccccc1. The van der Waals surface area contributed by atoms with Crippen LogP contribution in [0.3, 0.4) is 0 Å². The van der Waals surface area contributed by atoms with Crippen LogP contribution in [0.25, 0.3) is 11.1 Å². The smallest absolute Gasteiger partial charge is 0.356 e. The average Bonchev–Trinajstić information content (AvgIpc) is 3.27. The number of phenols is 1. The van der Waals surface area contributed by atoms with E-state index >= 15 is 0 Å². The number of hydrogen-bond donors (Lipinski definition) is 5. The van der Waals surface area contributed by atoms with Crippen LogP contribution in [0.4, 0.5) is 14.9 Å². The van der Waals surface area contributed by atoms with Gasteiger partial charge in [-0.2, -0.15) is 0 Å². The predicted molar refractivity (Wildman–Crippen MR) is 150 cm³/mol. The Labute approximate surface area is 230 Å². The summed E-state index contributed by atoms with van der Waals surface area (Å²) in [5.74, 6) is -0.447. The Balaban J connectivity index is 1.45. The second-order valence-corrected chi connectivity index (χ2v) is 11.3. The first-order chi connectivity index (χ1) is 19.1. The summed E-state index contributed by atoms with van der Waals surface area (Å²) in [4.78, 5) is 33.5. The van der Waals surface area contributed by atoms with E-state index in [0.717, 1.165) is 0 Å². The molecule has 0 radical (unpaired) electrons.